The summed E-state index contributed by atoms with van der Waals surface area (Å²) in [6, 6.07) is 8.47. The summed E-state index contributed by atoms with van der Waals surface area (Å²) < 4.78 is 0. The Labute approximate surface area is 155 Å². The first-order valence-electron chi connectivity index (χ1n) is 9.72. The molecule has 0 aliphatic carbocycles. The average molecular weight is 352 g/mol. The number of aryl methyl sites for hydroxylation is 1. The van der Waals surface area contributed by atoms with Gasteiger partial charge in [-0.3, -0.25) is 9.80 Å². The molecule has 0 spiro atoms. The van der Waals surface area contributed by atoms with E-state index in [1.165, 1.54) is 24.8 Å². The van der Waals surface area contributed by atoms with Crippen molar-refractivity contribution < 1.29 is 5.11 Å². The second-order valence-corrected chi connectivity index (χ2v) is 7.66. The van der Waals surface area contributed by atoms with Gasteiger partial charge in [-0.1, -0.05) is 30.7 Å². The minimum absolute atomic E-state index is 0.250. The number of hydrogen-bond acceptors (Lipinski definition) is 5. The van der Waals surface area contributed by atoms with Crippen LogP contribution in [0.2, 0.25) is 0 Å². The van der Waals surface area contributed by atoms with Crippen LogP contribution in [-0.4, -0.2) is 63.2 Å². The van der Waals surface area contributed by atoms with E-state index >= 15 is 0 Å². The maximum absolute atomic E-state index is 10.5. The topological polar surface area (TPSA) is 52.5 Å². The van der Waals surface area contributed by atoms with Gasteiger partial charge in [-0.25, -0.2) is 9.97 Å². The number of aromatic nitrogens is 2. The summed E-state index contributed by atoms with van der Waals surface area (Å²) in [5.41, 5.74) is 3.38. The number of likely N-dealkylation sites (tertiary alicyclic amines) is 2. The lowest BCUT2D eigenvalue weighted by molar-refractivity contribution is 0.0706. The number of aliphatic hydroxyl groups is 1. The van der Waals surface area contributed by atoms with Crippen molar-refractivity contribution in [2.24, 2.45) is 0 Å². The molecule has 1 aromatic heterocycles. The molecular weight excluding hydrogens is 324 g/mol. The Kier molecular flexibility index (Phi) is 5.29. The highest BCUT2D eigenvalue weighted by molar-refractivity contribution is 5.59. The lowest BCUT2D eigenvalue weighted by atomic mass is 10.1. The van der Waals surface area contributed by atoms with Gasteiger partial charge in [-0.2, -0.15) is 0 Å². The summed E-state index contributed by atoms with van der Waals surface area (Å²) in [6.07, 6.45) is 7.45. The van der Waals surface area contributed by atoms with Crippen LogP contribution in [0.1, 0.15) is 30.4 Å². The molecule has 0 bridgehead atoms. The highest BCUT2D eigenvalue weighted by atomic mass is 16.3. The summed E-state index contributed by atoms with van der Waals surface area (Å²) in [4.78, 5) is 13.9. The van der Waals surface area contributed by atoms with Gasteiger partial charge in [0.25, 0.3) is 0 Å². The highest BCUT2D eigenvalue weighted by Crippen LogP contribution is 2.23. The Morgan fingerprint density at radius 1 is 1.04 bits per heavy atom. The zero-order valence-corrected chi connectivity index (χ0v) is 15.5. The molecular formula is C21H28N4O. The summed E-state index contributed by atoms with van der Waals surface area (Å²) >= 11 is 0. The predicted molar refractivity (Wildman–Crippen MR) is 103 cm³/mol. The minimum Gasteiger partial charge on any atom is -0.390 e. The van der Waals surface area contributed by atoms with Crippen LogP contribution in [0, 0.1) is 6.92 Å². The monoisotopic (exact) mass is 352 g/mol. The third-order valence-electron chi connectivity index (χ3n) is 5.69. The molecule has 2 atom stereocenters. The minimum atomic E-state index is -0.250. The molecule has 4 rings (SSSR count). The largest absolute Gasteiger partial charge is 0.390 e. The Morgan fingerprint density at radius 2 is 1.77 bits per heavy atom. The third kappa shape index (κ3) is 3.80. The van der Waals surface area contributed by atoms with E-state index in [-0.39, 0.29) is 12.1 Å². The number of rotatable bonds is 4. The normalized spacial score (nSPS) is 24.8. The van der Waals surface area contributed by atoms with Gasteiger partial charge < -0.3 is 5.11 Å². The number of benzene rings is 1. The highest BCUT2D eigenvalue weighted by Gasteiger charge is 2.35. The van der Waals surface area contributed by atoms with Crippen molar-refractivity contribution in [1.82, 2.24) is 19.8 Å². The Hall–Kier alpha value is -1.82. The van der Waals surface area contributed by atoms with E-state index < -0.39 is 0 Å². The van der Waals surface area contributed by atoms with Crippen molar-refractivity contribution in [2.75, 3.05) is 26.2 Å². The van der Waals surface area contributed by atoms with Gasteiger partial charge in [0.15, 0.2) is 5.82 Å². The fraction of sp³-hybridized carbons (Fsp3) is 0.524. The van der Waals surface area contributed by atoms with Crippen molar-refractivity contribution >= 4 is 0 Å². The molecule has 138 valence electrons. The van der Waals surface area contributed by atoms with Crippen LogP contribution in [0.25, 0.3) is 11.4 Å². The SMILES string of the molecule is Cc1ccccc1-c1ncc(CN2C[C@H](O)[C@@H](N3CCCCC3)C2)cn1. The Balaban J connectivity index is 1.39. The molecule has 0 radical (unpaired) electrons. The third-order valence-corrected chi connectivity index (χ3v) is 5.69. The number of piperidine rings is 1. The molecule has 2 fully saturated rings. The van der Waals surface area contributed by atoms with E-state index in [0.717, 1.165) is 49.7 Å². The quantitative estimate of drug-likeness (QED) is 0.916. The van der Waals surface area contributed by atoms with Crippen molar-refractivity contribution in [1.29, 1.82) is 0 Å². The van der Waals surface area contributed by atoms with Crippen molar-refractivity contribution in [3.8, 4) is 11.4 Å². The van der Waals surface area contributed by atoms with Gasteiger partial charge in [0.05, 0.1) is 6.10 Å². The molecule has 2 aromatic rings. The second-order valence-electron chi connectivity index (χ2n) is 7.66. The summed E-state index contributed by atoms with van der Waals surface area (Å²) in [6.45, 7) is 6.81. The van der Waals surface area contributed by atoms with Gasteiger partial charge in [0, 0.05) is 49.2 Å². The van der Waals surface area contributed by atoms with E-state index in [4.69, 9.17) is 0 Å². The first-order chi connectivity index (χ1) is 12.7. The van der Waals surface area contributed by atoms with E-state index in [1.807, 2.05) is 24.5 Å². The maximum Gasteiger partial charge on any atom is 0.159 e. The Morgan fingerprint density at radius 3 is 2.50 bits per heavy atom. The summed E-state index contributed by atoms with van der Waals surface area (Å²) in [5, 5.41) is 10.5. The number of β-amino-alcohol motifs (C(OH)–C–C–N with tert-alkyl or cyclic N) is 1. The summed E-state index contributed by atoms with van der Waals surface area (Å²) in [7, 11) is 0. The van der Waals surface area contributed by atoms with Crippen LogP contribution >= 0.6 is 0 Å². The number of nitrogens with zero attached hydrogens (tertiary/aromatic N) is 4. The van der Waals surface area contributed by atoms with Crippen molar-refractivity contribution in [2.45, 2.75) is 44.9 Å². The van der Waals surface area contributed by atoms with Crippen LogP contribution in [0.15, 0.2) is 36.7 Å². The molecule has 1 aromatic carbocycles. The van der Waals surface area contributed by atoms with Crippen LogP contribution in [0.5, 0.6) is 0 Å². The van der Waals surface area contributed by atoms with Crippen LogP contribution in [-0.2, 0) is 6.54 Å². The standard InChI is InChI=1S/C21H28N4O/c1-16-7-3-4-8-18(16)21-22-11-17(12-23-21)13-24-14-19(20(26)15-24)25-9-5-2-6-10-25/h3-4,7-8,11-12,19-20,26H,2,5-6,9-10,13-15H2,1H3/t19-,20-/m0/s1. The average Bonchev–Trinajstić information content (AvgIpc) is 3.04. The molecule has 2 aliphatic heterocycles. The smallest absolute Gasteiger partial charge is 0.159 e. The molecule has 2 saturated heterocycles. The lowest BCUT2D eigenvalue weighted by Gasteiger charge is -2.33. The van der Waals surface area contributed by atoms with E-state index in [1.54, 1.807) is 0 Å². The van der Waals surface area contributed by atoms with Gasteiger partial charge in [0.1, 0.15) is 0 Å². The van der Waals surface area contributed by atoms with Crippen LogP contribution in [0.3, 0.4) is 0 Å². The first kappa shape index (κ1) is 17.6. The zero-order chi connectivity index (χ0) is 17.9. The summed E-state index contributed by atoms with van der Waals surface area (Å²) in [5.74, 6) is 0.777. The Bertz CT molecular complexity index is 727. The van der Waals surface area contributed by atoms with Gasteiger partial charge in [0.2, 0.25) is 0 Å². The predicted octanol–water partition coefficient (Wildman–Crippen LogP) is 2.48. The van der Waals surface area contributed by atoms with Gasteiger partial charge in [-0.15, -0.1) is 0 Å². The molecule has 0 saturated carbocycles. The van der Waals surface area contributed by atoms with Crippen molar-refractivity contribution in [3.63, 3.8) is 0 Å². The lowest BCUT2D eigenvalue weighted by Crippen LogP contribution is -2.45. The van der Waals surface area contributed by atoms with Gasteiger partial charge >= 0.3 is 0 Å². The van der Waals surface area contributed by atoms with E-state index in [2.05, 4.69) is 38.8 Å². The second kappa shape index (κ2) is 7.82. The number of aliphatic hydroxyl groups excluding tert-OH is 1. The first-order valence-corrected chi connectivity index (χ1v) is 9.72. The molecule has 0 amide bonds. The molecule has 0 unspecified atom stereocenters. The van der Waals surface area contributed by atoms with E-state index in [9.17, 15) is 5.11 Å². The van der Waals surface area contributed by atoms with Gasteiger partial charge in [-0.05, 0) is 38.4 Å². The fourth-order valence-electron chi connectivity index (χ4n) is 4.24. The van der Waals surface area contributed by atoms with E-state index in [0.29, 0.717) is 0 Å². The van der Waals surface area contributed by atoms with Crippen LogP contribution in [0.4, 0.5) is 0 Å². The maximum atomic E-state index is 10.5. The fourth-order valence-corrected chi connectivity index (χ4v) is 4.24. The zero-order valence-electron chi connectivity index (χ0n) is 15.5. The molecule has 1 N–H and O–H groups in total. The van der Waals surface area contributed by atoms with Crippen LogP contribution < -0.4 is 0 Å². The molecule has 2 aliphatic rings. The number of hydrogen-bond donors (Lipinski definition) is 1. The molecule has 5 nitrogen and oxygen atoms in total. The molecule has 26 heavy (non-hydrogen) atoms. The molecule has 3 heterocycles. The van der Waals surface area contributed by atoms with Crippen molar-refractivity contribution in [3.05, 3.63) is 47.8 Å². The molecule has 5 heteroatoms.